The van der Waals surface area contributed by atoms with Gasteiger partial charge in [-0.3, -0.25) is 15.2 Å². The summed E-state index contributed by atoms with van der Waals surface area (Å²) in [7, 11) is 0. The molecule has 0 bridgehead atoms. The maximum atomic E-state index is 11.2. The Bertz CT molecular complexity index is 356. The molecule has 1 unspecified atom stereocenters. The lowest BCUT2D eigenvalue weighted by Crippen LogP contribution is -2.30. The third-order valence-electron chi connectivity index (χ3n) is 2.18. The molecule has 1 aromatic heterocycles. The van der Waals surface area contributed by atoms with Gasteiger partial charge in [-0.05, 0) is 23.8 Å². The van der Waals surface area contributed by atoms with Crippen molar-refractivity contribution in [3.63, 3.8) is 0 Å². The Labute approximate surface area is 105 Å². The van der Waals surface area contributed by atoms with Gasteiger partial charge >= 0.3 is 0 Å². The van der Waals surface area contributed by atoms with Crippen LogP contribution in [0.25, 0.3) is 0 Å². The molecular weight excluding hydrogens is 238 g/mol. The van der Waals surface area contributed by atoms with Gasteiger partial charge in [0.2, 0.25) is 0 Å². The number of aliphatic hydroxyl groups excluding tert-OH is 1. The van der Waals surface area contributed by atoms with Crippen molar-refractivity contribution in [2.24, 2.45) is 11.8 Å². The molecule has 0 spiro atoms. The Morgan fingerprint density at radius 1 is 1.65 bits per heavy atom. The molecule has 0 aliphatic rings. The van der Waals surface area contributed by atoms with Crippen molar-refractivity contribution in [2.75, 3.05) is 12.4 Å². The van der Waals surface area contributed by atoms with E-state index in [0.717, 1.165) is 17.2 Å². The maximum Gasteiger partial charge on any atom is 0.266 e. The highest BCUT2D eigenvalue weighted by Crippen LogP contribution is 2.14. The van der Waals surface area contributed by atoms with Gasteiger partial charge in [-0.15, -0.1) is 0 Å². The number of aliphatic hydroxyl groups is 1. The van der Waals surface area contributed by atoms with Crippen LogP contribution in [0.2, 0.25) is 0 Å². The van der Waals surface area contributed by atoms with E-state index in [1.165, 1.54) is 6.20 Å². The fourth-order valence-electron chi connectivity index (χ4n) is 1.14. The van der Waals surface area contributed by atoms with Crippen molar-refractivity contribution in [1.29, 1.82) is 0 Å². The molecular formula is C11H17N3O2S. The summed E-state index contributed by atoms with van der Waals surface area (Å²) in [5, 5.41) is 8.87. The van der Waals surface area contributed by atoms with Gasteiger partial charge in [-0.2, -0.15) is 11.8 Å². The summed E-state index contributed by atoms with van der Waals surface area (Å²) in [4.78, 5) is 15.3. The van der Waals surface area contributed by atoms with Crippen LogP contribution in [0.3, 0.4) is 0 Å². The number of aromatic nitrogens is 1. The monoisotopic (exact) mass is 255 g/mol. The molecule has 94 valence electrons. The molecule has 1 rings (SSSR count). The number of nitrogens with one attached hydrogen (secondary N) is 1. The second-order valence-corrected chi connectivity index (χ2v) is 4.84. The highest BCUT2D eigenvalue weighted by Gasteiger charge is 2.04. The second kappa shape index (κ2) is 7.26. The molecule has 1 amide bonds. The minimum atomic E-state index is -0.342. The van der Waals surface area contributed by atoms with Gasteiger partial charge in [0.05, 0.1) is 11.3 Å². The van der Waals surface area contributed by atoms with Gasteiger partial charge in [0.25, 0.3) is 5.91 Å². The van der Waals surface area contributed by atoms with E-state index in [0.29, 0.717) is 11.5 Å². The average Bonchev–Trinajstić information content (AvgIpc) is 2.38. The SMILES string of the molecule is CC(CO)CSCc1ccc(C(=O)NN)cn1. The van der Waals surface area contributed by atoms with E-state index >= 15 is 0 Å². The summed E-state index contributed by atoms with van der Waals surface area (Å²) in [6, 6.07) is 3.50. The maximum absolute atomic E-state index is 11.2. The van der Waals surface area contributed by atoms with Crippen LogP contribution in [0, 0.1) is 5.92 Å². The van der Waals surface area contributed by atoms with Crippen molar-refractivity contribution in [2.45, 2.75) is 12.7 Å². The first kappa shape index (κ1) is 14.0. The lowest BCUT2D eigenvalue weighted by Gasteiger charge is -2.06. The fraction of sp³-hybridized carbons (Fsp3) is 0.455. The van der Waals surface area contributed by atoms with Crippen LogP contribution >= 0.6 is 11.8 Å². The number of nitrogen functional groups attached to an aromatic ring is 1. The van der Waals surface area contributed by atoms with Crippen LogP contribution in [-0.2, 0) is 5.75 Å². The number of thioether (sulfide) groups is 1. The van der Waals surface area contributed by atoms with Crippen molar-refractivity contribution in [1.82, 2.24) is 10.4 Å². The number of hydrazine groups is 1. The smallest absolute Gasteiger partial charge is 0.266 e. The van der Waals surface area contributed by atoms with Gasteiger partial charge in [0.1, 0.15) is 0 Å². The molecule has 0 saturated heterocycles. The lowest BCUT2D eigenvalue weighted by molar-refractivity contribution is 0.0953. The van der Waals surface area contributed by atoms with Crippen molar-refractivity contribution in [3.8, 4) is 0 Å². The largest absolute Gasteiger partial charge is 0.396 e. The molecule has 1 atom stereocenters. The third kappa shape index (κ3) is 4.72. The van der Waals surface area contributed by atoms with Crippen molar-refractivity contribution < 1.29 is 9.90 Å². The zero-order chi connectivity index (χ0) is 12.7. The predicted molar refractivity (Wildman–Crippen MR) is 68.3 cm³/mol. The van der Waals surface area contributed by atoms with E-state index in [2.05, 4.69) is 10.4 Å². The van der Waals surface area contributed by atoms with Crippen molar-refractivity contribution in [3.05, 3.63) is 29.6 Å². The highest BCUT2D eigenvalue weighted by atomic mass is 32.2. The minimum Gasteiger partial charge on any atom is -0.396 e. The van der Waals surface area contributed by atoms with Crippen LogP contribution in [0.4, 0.5) is 0 Å². The number of hydrogen-bond acceptors (Lipinski definition) is 5. The number of rotatable bonds is 6. The van der Waals surface area contributed by atoms with Gasteiger partial charge in [0.15, 0.2) is 0 Å². The average molecular weight is 255 g/mol. The van der Waals surface area contributed by atoms with E-state index < -0.39 is 0 Å². The van der Waals surface area contributed by atoms with Crippen LogP contribution in [-0.4, -0.2) is 28.4 Å². The van der Waals surface area contributed by atoms with E-state index in [1.54, 1.807) is 23.9 Å². The molecule has 17 heavy (non-hydrogen) atoms. The number of hydrogen-bond donors (Lipinski definition) is 3. The van der Waals surface area contributed by atoms with E-state index in [4.69, 9.17) is 10.9 Å². The number of pyridine rings is 1. The Kier molecular flexibility index (Phi) is 5.96. The topological polar surface area (TPSA) is 88.2 Å². The van der Waals surface area contributed by atoms with Crippen LogP contribution < -0.4 is 11.3 Å². The van der Waals surface area contributed by atoms with Crippen LogP contribution in [0.1, 0.15) is 23.0 Å². The fourth-order valence-corrected chi connectivity index (χ4v) is 2.15. The third-order valence-corrected chi connectivity index (χ3v) is 3.49. The van der Waals surface area contributed by atoms with Gasteiger partial charge < -0.3 is 5.11 Å². The molecule has 0 radical (unpaired) electrons. The number of carbonyl (C=O) groups excluding carboxylic acids is 1. The Morgan fingerprint density at radius 2 is 2.41 bits per heavy atom. The molecule has 1 heterocycles. The van der Waals surface area contributed by atoms with Crippen molar-refractivity contribution >= 4 is 17.7 Å². The number of nitrogens with two attached hydrogens (primary N) is 1. The van der Waals surface area contributed by atoms with Gasteiger partial charge in [-0.1, -0.05) is 6.92 Å². The molecule has 0 fully saturated rings. The molecule has 6 heteroatoms. The van der Waals surface area contributed by atoms with E-state index in [9.17, 15) is 4.79 Å². The molecule has 1 aromatic rings. The summed E-state index contributed by atoms with van der Waals surface area (Å²) < 4.78 is 0. The summed E-state index contributed by atoms with van der Waals surface area (Å²) in [6.45, 7) is 2.20. The first-order chi connectivity index (χ1) is 8.17. The Balaban J connectivity index is 2.43. The van der Waals surface area contributed by atoms with E-state index in [-0.39, 0.29) is 12.5 Å². The van der Waals surface area contributed by atoms with E-state index in [1.807, 2.05) is 6.92 Å². The molecule has 0 aliphatic heterocycles. The van der Waals surface area contributed by atoms with Crippen LogP contribution in [0.15, 0.2) is 18.3 Å². The minimum absolute atomic E-state index is 0.204. The lowest BCUT2D eigenvalue weighted by atomic mass is 10.2. The van der Waals surface area contributed by atoms with Gasteiger partial charge in [0, 0.05) is 18.6 Å². The first-order valence-electron chi connectivity index (χ1n) is 5.31. The Morgan fingerprint density at radius 3 is 2.94 bits per heavy atom. The predicted octanol–water partition coefficient (Wildman–Crippen LogP) is 0.547. The highest BCUT2D eigenvalue weighted by molar-refractivity contribution is 7.98. The zero-order valence-electron chi connectivity index (χ0n) is 9.72. The Hall–Kier alpha value is -1.11. The molecule has 0 saturated carbocycles. The first-order valence-corrected chi connectivity index (χ1v) is 6.47. The van der Waals surface area contributed by atoms with Gasteiger partial charge in [-0.25, -0.2) is 5.84 Å². The molecule has 4 N–H and O–H groups in total. The summed E-state index contributed by atoms with van der Waals surface area (Å²) in [5.74, 6) is 6.63. The number of carbonyl (C=O) groups is 1. The summed E-state index contributed by atoms with van der Waals surface area (Å²) >= 11 is 1.71. The standard InChI is InChI=1S/C11H17N3O2S/c1-8(5-15)6-17-7-10-3-2-9(4-13-10)11(16)14-12/h2-4,8,15H,5-7,12H2,1H3,(H,14,16). The zero-order valence-corrected chi connectivity index (χ0v) is 10.5. The number of amides is 1. The molecule has 0 aliphatic carbocycles. The molecule has 0 aromatic carbocycles. The molecule has 5 nitrogen and oxygen atoms in total. The second-order valence-electron chi connectivity index (χ2n) is 3.81. The summed E-state index contributed by atoms with van der Waals surface area (Å²) in [5.41, 5.74) is 3.41. The van der Waals surface area contributed by atoms with Crippen LogP contribution in [0.5, 0.6) is 0 Å². The quantitative estimate of drug-likeness (QED) is 0.392. The number of nitrogens with zero attached hydrogens (tertiary/aromatic N) is 1. The normalized spacial score (nSPS) is 12.2. The summed E-state index contributed by atoms with van der Waals surface area (Å²) in [6.07, 6.45) is 1.51.